The number of hydrogen-bond donors (Lipinski definition) is 2. The van der Waals surface area contributed by atoms with E-state index in [4.69, 9.17) is 4.74 Å². The van der Waals surface area contributed by atoms with Crippen LogP contribution in [0.25, 0.3) is 11.1 Å². The lowest BCUT2D eigenvalue weighted by Crippen LogP contribution is -2.43. The summed E-state index contributed by atoms with van der Waals surface area (Å²) in [6.45, 7) is 0.376. The Labute approximate surface area is 203 Å². The molecule has 36 heavy (non-hydrogen) atoms. The lowest BCUT2D eigenvalue weighted by molar-refractivity contribution is -0.139. The number of nitrogens with one attached hydrogen (secondary N) is 1. The number of aryl methyl sites for hydroxylation is 1. The summed E-state index contributed by atoms with van der Waals surface area (Å²) in [6.07, 6.45) is 2.39. The average Bonchev–Trinajstić information content (AvgIpc) is 2.84. The van der Waals surface area contributed by atoms with Crippen LogP contribution >= 0.6 is 0 Å². The van der Waals surface area contributed by atoms with Crippen molar-refractivity contribution in [2.75, 3.05) is 6.61 Å². The molecule has 9 nitrogen and oxygen atoms in total. The zero-order chi connectivity index (χ0) is 26.1. The van der Waals surface area contributed by atoms with Crippen molar-refractivity contribution in [1.29, 1.82) is 0 Å². The normalized spacial score (nSPS) is 13.4. The number of hydrogen-bond acceptors (Lipinski definition) is 5. The first-order valence-electron chi connectivity index (χ1n) is 11.1. The maximum Gasteiger partial charge on any atom is 0.330 e. The van der Waals surface area contributed by atoms with Crippen molar-refractivity contribution in [3.63, 3.8) is 0 Å². The minimum absolute atomic E-state index is 0.186. The van der Waals surface area contributed by atoms with Gasteiger partial charge in [0.2, 0.25) is 0 Å². The van der Waals surface area contributed by atoms with E-state index in [0.717, 1.165) is 22.8 Å². The van der Waals surface area contributed by atoms with Gasteiger partial charge in [-0.1, -0.05) is 18.2 Å². The van der Waals surface area contributed by atoms with Gasteiger partial charge in [0.1, 0.15) is 29.0 Å². The Morgan fingerprint density at radius 2 is 1.81 bits per heavy atom. The molecule has 1 aliphatic heterocycles. The molecular weight excluding hydrogens is 476 g/mol. The van der Waals surface area contributed by atoms with Crippen LogP contribution in [0.5, 0.6) is 5.75 Å². The lowest BCUT2D eigenvalue weighted by Gasteiger charge is -2.25. The van der Waals surface area contributed by atoms with Crippen LogP contribution in [0.3, 0.4) is 0 Å². The summed E-state index contributed by atoms with van der Waals surface area (Å²) in [4.78, 5) is 49.3. The minimum Gasteiger partial charge on any atom is -0.493 e. The maximum atomic E-state index is 14.0. The van der Waals surface area contributed by atoms with E-state index in [-0.39, 0.29) is 12.0 Å². The van der Waals surface area contributed by atoms with Crippen molar-refractivity contribution in [2.45, 2.75) is 25.3 Å². The highest BCUT2D eigenvalue weighted by molar-refractivity contribution is 5.97. The summed E-state index contributed by atoms with van der Waals surface area (Å²) in [6, 6.07) is 4.64. The SMILES string of the molecule is Cn1cc(-c2ccc(C[C@H](NC(=O)c3c(F)cccc3F)C(=O)O)c3c2OCCC3)c(=O)n(C)c1=O. The van der Waals surface area contributed by atoms with Crippen molar-refractivity contribution in [3.8, 4) is 16.9 Å². The number of benzene rings is 2. The molecule has 4 rings (SSSR count). The monoisotopic (exact) mass is 499 g/mol. The Balaban J connectivity index is 1.72. The Bertz CT molecular complexity index is 1470. The summed E-state index contributed by atoms with van der Waals surface area (Å²) in [5.74, 6) is -4.39. The van der Waals surface area contributed by atoms with Crippen LogP contribution in [0.4, 0.5) is 8.78 Å². The molecule has 0 aliphatic carbocycles. The maximum absolute atomic E-state index is 14.0. The van der Waals surface area contributed by atoms with Gasteiger partial charge >= 0.3 is 11.7 Å². The first-order chi connectivity index (χ1) is 17.1. The van der Waals surface area contributed by atoms with E-state index in [2.05, 4.69) is 5.32 Å². The Morgan fingerprint density at radius 3 is 2.47 bits per heavy atom. The molecule has 2 aromatic carbocycles. The zero-order valence-electron chi connectivity index (χ0n) is 19.5. The third-order valence-corrected chi connectivity index (χ3v) is 6.13. The van der Waals surface area contributed by atoms with E-state index in [0.29, 0.717) is 41.9 Å². The fourth-order valence-electron chi connectivity index (χ4n) is 4.29. The number of carbonyl (C=O) groups excluding carboxylic acids is 1. The molecule has 0 radical (unpaired) electrons. The number of ether oxygens (including phenoxy) is 1. The molecule has 0 bridgehead atoms. The summed E-state index contributed by atoms with van der Waals surface area (Å²) < 4.78 is 36.1. The van der Waals surface area contributed by atoms with Crippen LogP contribution in [0.2, 0.25) is 0 Å². The molecule has 1 aliphatic rings. The van der Waals surface area contributed by atoms with Crippen LogP contribution in [-0.2, 0) is 31.7 Å². The summed E-state index contributed by atoms with van der Waals surface area (Å²) in [7, 11) is 2.89. The summed E-state index contributed by atoms with van der Waals surface area (Å²) >= 11 is 0. The summed E-state index contributed by atoms with van der Waals surface area (Å²) in [5, 5.41) is 11.9. The van der Waals surface area contributed by atoms with Gasteiger partial charge in [-0.05, 0) is 36.1 Å². The highest BCUT2D eigenvalue weighted by atomic mass is 19.1. The molecule has 0 unspecified atom stereocenters. The minimum atomic E-state index is -1.49. The number of nitrogens with zero attached hydrogens (tertiary/aromatic N) is 2. The highest BCUT2D eigenvalue weighted by Crippen LogP contribution is 2.37. The molecule has 0 spiro atoms. The highest BCUT2D eigenvalue weighted by Gasteiger charge is 2.28. The second kappa shape index (κ2) is 9.76. The van der Waals surface area contributed by atoms with Gasteiger partial charge < -0.3 is 19.7 Å². The van der Waals surface area contributed by atoms with Crippen LogP contribution < -0.4 is 21.3 Å². The molecule has 3 aromatic rings. The van der Waals surface area contributed by atoms with Crippen molar-refractivity contribution in [1.82, 2.24) is 14.5 Å². The number of carboxylic acid groups (broad SMARTS) is 1. The van der Waals surface area contributed by atoms with E-state index < -0.39 is 46.4 Å². The molecule has 2 heterocycles. The summed E-state index contributed by atoms with van der Waals surface area (Å²) in [5.41, 5.74) is 0.0294. The molecule has 1 aromatic heterocycles. The molecule has 11 heteroatoms. The zero-order valence-corrected chi connectivity index (χ0v) is 19.5. The van der Waals surface area contributed by atoms with Crippen LogP contribution in [0.15, 0.2) is 46.1 Å². The van der Waals surface area contributed by atoms with Crippen molar-refractivity contribution < 1.29 is 28.2 Å². The number of halogens is 2. The van der Waals surface area contributed by atoms with Gasteiger partial charge in [-0.3, -0.25) is 14.2 Å². The number of carbonyl (C=O) groups is 2. The largest absolute Gasteiger partial charge is 0.493 e. The molecule has 188 valence electrons. The Morgan fingerprint density at radius 1 is 1.11 bits per heavy atom. The third kappa shape index (κ3) is 4.51. The van der Waals surface area contributed by atoms with E-state index in [1.165, 1.54) is 24.9 Å². The lowest BCUT2D eigenvalue weighted by atomic mass is 9.91. The van der Waals surface area contributed by atoms with Gasteiger partial charge in [0.15, 0.2) is 0 Å². The first-order valence-corrected chi connectivity index (χ1v) is 11.1. The van der Waals surface area contributed by atoms with Crippen molar-refractivity contribution >= 4 is 11.9 Å². The van der Waals surface area contributed by atoms with E-state index in [1.54, 1.807) is 12.1 Å². The second-order valence-electron chi connectivity index (χ2n) is 8.50. The molecule has 0 saturated heterocycles. The predicted octanol–water partition coefficient (Wildman–Crippen LogP) is 1.78. The van der Waals surface area contributed by atoms with Crippen LogP contribution in [0.1, 0.15) is 27.9 Å². The van der Waals surface area contributed by atoms with E-state index in [9.17, 15) is 33.1 Å². The smallest absolute Gasteiger partial charge is 0.330 e. The third-order valence-electron chi connectivity index (χ3n) is 6.13. The Hall–Kier alpha value is -4.28. The van der Waals surface area contributed by atoms with Gasteiger partial charge in [-0.2, -0.15) is 0 Å². The predicted molar refractivity (Wildman–Crippen MR) is 125 cm³/mol. The van der Waals surface area contributed by atoms with Crippen molar-refractivity contribution in [3.05, 3.63) is 85.7 Å². The molecule has 1 atom stereocenters. The number of carboxylic acids is 1. The van der Waals surface area contributed by atoms with Gasteiger partial charge in [0.25, 0.3) is 11.5 Å². The topological polar surface area (TPSA) is 120 Å². The number of aromatic nitrogens is 2. The molecule has 1 amide bonds. The molecule has 0 fully saturated rings. The first kappa shape index (κ1) is 24.8. The number of amides is 1. The standard InChI is InChI=1S/C25H23F2N3O6/c1-29-12-16(23(32)30(2)25(29)35)15-9-8-13(14-5-4-10-36-21(14)15)11-19(24(33)34)28-22(31)20-17(26)6-3-7-18(20)27/h3,6-9,12,19H,4-5,10-11H2,1-2H3,(H,28,31)(H,33,34)/t19-/m0/s1. The van der Waals surface area contributed by atoms with Gasteiger partial charge in [0.05, 0.1) is 12.2 Å². The van der Waals surface area contributed by atoms with Gasteiger partial charge in [-0.25, -0.2) is 18.4 Å². The molecular formula is C25H23F2N3O6. The quantitative estimate of drug-likeness (QED) is 0.534. The van der Waals surface area contributed by atoms with Crippen molar-refractivity contribution in [2.24, 2.45) is 14.1 Å². The number of rotatable bonds is 6. The van der Waals surface area contributed by atoms with Crippen LogP contribution in [0, 0.1) is 11.6 Å². The second-order valence-corrected chi connectivity index (χ2v) is 8.50. The van der Waals surface area contributed by atoms with Gasteiger partial charge in [0, 0.05) is 32.3 Å². The number of aliphatic carboxylic acids is 1. The molecule has 2 N–H and O–H groups in total. The number of fused-ring (bicyclic) bond motifs is 1. The fourth-order valence-corrected chi connectivity index (χ4v) is 4.29. The average molecular weight is 499 g/mol. The van der Waals surface area contributed by atoms with Crippen LogP contribution in [-0.4, -0.2) is 38.8 Å². The van der Waals surface area contributed by atoms with E-state index in [1.807, 2.05) is 0 Å². The Kier molecular flexibility index (Phi) is 6.73. The van der Waals surface area contributed by atoms with Gasteiger partial charge in [-0.15, -0.1) is 0 Å². The van der Waals surface area contributed by atoms with E-state index >= 15 is 0 Å². The molecule has 0 saturated carbocycles. The fraction of sp³-hybridized carbons (Fsp3) is 0.280.